The van der Waals surface area contributed by atoms with E-state index >= 15 is 0 Å². The highest BCUT2D eigenvalue weighted by molar-refractivity contribution is 9.10. The van der Waals surface area contributed by atoms with Crippen molar-refractivity contribution in [1.82, 2.24) is 4.90 Å². The van der Waals surface area contributed by atoms with Crippen molar-refractivity contribution in [2.45, 2.75) is 38.4 Å². The average Bonchev–Trinajstić information content (AvgIpc) is 2.77. The van der Waals surface area contributed by atoms with Crippen LogP contribution >= 0.6 is 27.3 Å². The molecule has 2 heterocycles. The van der Waals surface area contributed by atoms with Crippen LogP contribution in [0.4, 0.5) is 0 Å². The summed E-state index contributed by atoms with van der Waals surface area (Å²) in [5.74, 6) is 0.462. The van der Waals surface area contributed by atoms with Crippen LogP contribution in [-0.4, -0.2) is 43.5 Å². The van der Waals surface area contributed by atoms with Crippen LogP contribution in [0.5, 0.6) is 0 Å². The summed E-state index contributed by atoms with van der Waals surface area (Å²) in [4.78, 5) is 3.46. The molecular formula is C13H21BrN2O2S2. The molecule has 7 heteroatoms. The summed E-state index contributed by atoms with van der Waals surface area (Å²) in [6, 6.07) is 2.23. The molecule has 114 valence electrons. The minimum Gasteiger partial charge on any atom is -0.326 e. The van der Waals surface area contributed by atoms with Crippen LogP contribution < -0.4 is 5.73 Å². The van der Waals surface area contributed by atoms with Crippen LogP contribution in [0.1, 0.15) is 31.2 Å². The monoisotopic (exact) mass is 380 g/mol. The number of nitrogens with two attached hydrogens (primary N) is 1. The lowest BCUT2D eigenvalue weighted by Gasteiger charge is -2.41. The molecule has 2 N–H and O–H groups in total. The van der Waals surface area contributed by atoms with E-state index in [1.165, 1.54) is 4.88 Å². The van der Waals surface area contributed by atoms with Crippen molar-refractivity contribution in [2.24, 2.45) is 5.73 Å². The SMILES string of the molecule is CCC(N)C(c1cc(Br)cs1)N1CCS(=O)(=O)CC1C. The van der Waals surface area contributed by atoms with Crippen molar-refractivity contribution >= 4 is 37.1 Å². The molecule has 1 aromatic rings. The number of hydrogen-bond acceptors (Lipinski definition) is 5. The van der Waals surface area contributed by atoms with Crippen molar-refractivity contribution in [2.75, 3.05) is 18.1 Å². The van der Waals surface area contributed by atoms with E-state index in [1.54, 1.807) is 11.3 Å². The van der Waals surface area contributed by atoms with Gasteiger partial charge in [0.1, 0.15) is 0 Å². The molecule has 1 fully saturated rings. The third-order valence-electron chi connectivity index (χ3n) is 3.84. The van der Waals surface area contributed by atoms with E-state index in [0.717, 1.165) is 10.9 Å². The van der Waals surface area contributed by atoms with Crippen LogP contribution in [0.25, 0.3) is 0 Å². The predicted octanol–water partition coefficient (Wildman–Crippen LogP) is 2.41. The van der Waals surface area contributed by atoms with Gasteiger partial charge in [-0.1, -0.05) is 6.92 Å². The number of nitrogens with zero attached hydrogens (tertiary/aromatic N) is 1. The molecule has 1 saturated heterocycles. The van der Waals surface area contributed by atoms with Crippen LogP contribution in [0, 0.1) is 0 Å². The van der Waals surface area contributed by atoms with Crippen molar-refractivity contribution in [3.8, 4) is 0 Å². The van der Waals surface area contributed by atoms with Crippen LogP contribution in [-0.2, 0) is 9.84 Å². The van der Waals surface area contributed by atoms with E-state index in [1.807, 2.05) is 6.92 Å². The molecule has 0 radical (unpaired) electrons. The Morgan fingerprint density at radius 2 is 2.30 bits per heavy atom. The van der Waals surface area contributed by atoms with Crippen molar-refractivity contribution in [3.05, 3.63) is 20.8 Å². The Labute approximate surface area is 133 Å². The van der Waals surface area contributed by atoms with Gasteiger partial charge in [0.15, 0.2) is 9.84 Å². The number of sulfone groups is 1. The van der Waals surface area contributed by atoms with Crippen molar-refractivity contribution < 1.29 is 8.42 Å². The van der Waals surface area contributed by atoms with E-state index in [2.05, 4.69) is 39.2 Å². The Balaban J connectivity index is 2.28. The largest absolute Gasteiger partial charge is 0.326 e. The Hall–Kier alpha value is 0.0500. The summed E-state index contributed by atoms with van der Waals surface area (Å²) in [7, 11) is -2.90. The maximum absolute atomic E-state index is 11.7. The molecule has 1 aliphatic heterocycles. The van der Waals surface area contributed by atoms with Gasteiger partial charge in [0, 0.05) is 33.4 Å². The summed E-state index contributed by atoms with van der Waals surface area (Å²) in [6.07, 6.45) is 0.871. The zero-order valence-electron chi connectivity index (χ0n) is 11.8. The minimum absolute atomic E-state index is 0.0113. The highest BCUT2D eigenvalue weighted by Gasteiger charge is 2.36. The first-order chi connectivity index (χ1) is 9.34. The highest BCUT2D eigenvalue weighted by Crippen LogP contribution is 2.34. The Morgan fingerprint density at radius 3 is 2.80 bits per heavy atom. The zero-order valence-corrected chi connectivity index (χ0v) is 15.0. The molecule has 2 rings (SSSR count). The molecule has 0 aliphatic carbocycles. The maximum atomic E-state index is 11.7. The fraction of sp³-hybridized carbons (Fsp3) is 0.692. The maximum Gasteiger partial charge on any atom is 0.153 e. The van der Waals surface area contributed by atoms with Crippen LogP contribution in [0.15, 0.2) is 15.9 Å². The fourth-order valence-electron chi connectivity index (χ4n) is 2.75. The third-order valence-corrected chi connectivity index (χ3v) is 7.39. The molecule has 1 aromatic heterocycles. The van der Waals surface area contributed by atoms with Gasteiger partial charge in [-0.05, 0) is 35.3 Å². The summed E-state index contributed by atoms with van der Waals surface area (Å²) < 4.78 is 24.6. The molecule has 4 nitrogen and oxygen atoms in total. The lowest BCUT2D eigenvalue weighted by atomic mass is 10.0. The normalized spacial score (nSPS) is 26.3. The summed E-state index contributed by atoms with van der Waals surface area (Å²) in [5.41, 5.74) is 6.32. The van der Waals surface area contributed by atoms with Gasteiger partial charge in [0.2, 0.25) is 0 Å². The van der Waals surface area contributed by atoms with Gasteiger partial charge in [-0.2, -0.15) is 0 Å². The van der Waals surface area contributed by atoms with Gasteiger partial charge in [-0.3, -0.25) is 4.90 Å². The molecule has 0 amide bonds. The molecule has 0 saturated carbocycles. The smallest absolute Gasteiger partial charge is 0.153 e. The first kappa shape index (κ1) is 16.4. The van der Waals surface area contributed by atoms with Gasteiger partial charge >= 0.3 is 0 Å². The lowest BCUT2D eigenvalue weighted by molar-refractivity contribution is 0.136. The zero-order chi connectivity index (χ0) is 14.9. The van der Waals surface area contributed by atoms with Crippen LogP contribution in [0.3, 0.4) is 0 Å². The van der Waals surface area contributed by atoms with Gasteiger partial charge < -0.3 is 5.73 Å². The first-order valence-electron chi connectivity index (χ1n) is 6.79. The van der Waals surface area contributed by atoms with Gasteiger partial charge in [-0.15, -0.1) is 11.3 Å². The van der Waals surface area contributed by atoms with E-state index in [9.17, 15) is 8.42 Å². The van der Waals surface area contributed by atoms with E-state index in [0.29, 0.717) is 6.54 Å². The standard InChI is InChI=1S/C13H21BrN2O2S2/c1-3-11(15)13(12-6-10(14)7-19-12)16-4-5-20(17,18)8-9(16)2/h6-7,9,11,13H,3-5,8,15H2,1-2H3. The second kappa shape index (κ2) is 6.44. The van der Waals surface area contributed by atoms with Gasteiger partial charge in [-0.25, -0.2) is 8.42 Å². The van der Waals surface area contributed by atoms with Crippen molar-refractivity contribution in [1.29, 1.82) is 0 Å². The highest BCUT2D eigenvalue weighted by atomic mass is 79.9. The first-order valence-corrected chi connectivity index (χ1v) is 10.3. The average molecular weight is 381 g/mol. The summed E-state index contributed by atoms with van der Waals surface area (Å²) >= 11 is 5.16. The van der Waals surface area contributed by atoms with E-state index in [4.69, 9.17) is 5.73 Å². The molecular weight excluding hydrogens is 360 g/mol. The topological polar surface area (TPSA) is 63.4 Å². The lowest BCUT2D eigenvalue weighted by Crippen LogP contribution is -2.52. The molecule has 1 aliphatic rings. The number of halogens is 1. The Morgan fingerprint density at radius 1 is 1.60 bits per heavy atom. The second-order valence-corrected chi connectivity index (χ2v) is 9.47. The minimum atomic E-state index is -2.90. The molecule has 0 bridgehead atoms. The quantitative estimate of drug-likeness (QED) is 0.870. The summed E-state index contributed by atoms with van der Waals surface area (Å²) in [5, 5.41) is 2.05. The molecule has 3 atom stereocenters. The third kappa shape index (κ3) is 3.62. The van der Waals surface area contributed by atoms with E-state index < -0.39 is 9.84 Å². The number of hydrogen-bond donors (Lipinski definition) is 1. The molecule has 20 heavy (non-hydrogen) atoms. The summed E-state index contributed by atoms with van der Waals surface area (Å²) in [6.45, 7) is 4.62. The molecule has 0 aromatic carbocycles. The van der Waals surface area contributed by atoms with Crippen LogP contribution in [0.2, 0.25) is 0 Å². The van der Waals surface area contributed by atoms with Gasteiger partial charge in [0.25, 0.3) is 0 Å². The number of rotatable bonds is 4. The Bertz CT molecular complexity index is 558. The molecule has 0 spiro atoms. The van der Waals surface area contributed by atoms with Crippen molar-refractivity contribution in [3.63, 3.8) is 0 Å². The Kier molecular flexibility index (Phi) is 5.29. The fourth-order valence-corrected chi connectivity index (χ4v) is 5.97. The van der Waals surface area contributed by atoms with E-state index in [-0.39, 0.29) is 29.6 Å². The second-order valence-electron chi connectivity index (χ2n) is 5.39. The van der Waals surface area contributed by atoms with Gasteiger partial charge in [0.05, 0.1) is 17.5 Å². The molecule has 3 unspecified atom stereocenters. The predicted molar refractivity (Wildman–Crippen MR) is 87.8 cm³/mol. The number of thiophene rings is 1.